The van der Waals surface area contributed by atoms with Crippen molar-refractivity contribution >= 4 is 34.6 Å². The fourth-order valence-electron chi connectivity index (χ4n) is 7.03. The molecule has 0 spiro atoms. The van der Waals surface area contributed by atoms with Crippen LogP contribution < -0.4 is 15.1 Å². The Morgan fingerprint density at radius 1 is 0.821 bits per heavy atom. The fourth-order valence-corrected chi connectivity index (χ4v) is 7.03. The number of hydrogen-bond acceptors (Lipinski definition) is 4. The third-order valence-electron chi connectivity index (χ3n) is 8.65. The molecule has 3 aromatic carbocycles. The van der Waals surface area contributed by atoms with Gasteiger partial charge in [0.2, 0.25) is 0 Å². The Hall–Kier alpha value is -3.80. The number of carboxylic acids is 1. The molecule has 2 aliphatic rings. The molecule has 39 heavy (non-hydrogen) atoms. The van der Waals surface area contributed by atoms with Gasteiger partial charge in [-0.2, -0.15) is 0 Å². The van der Waals surface area contributed by atoms with Gasteiger partial charge < -0.3 is 20.2 Å². The van der Waals surface area contributed by atoms with Crippen LogP contribution in [0, 0.1) is 17.8 Å². The van der Waals surface area contributed by atoms with E-state index >= 15 is 0 Å². The number of carbonyl (C=O) groups excluding carboxylic acids is 1. The number of nitrogens with zero attached hydrogens (tertiary/aromatic N) is 2. The number of fused-ring (bicyclic) bond motifs is 2. The van der Waals surface area contributed by atoms with Crippen LogP contribution in [0.1, 0.15) is 66.7 Å². The third-order valence-corrected chi connectivity index (χ3v) is 8.65. The SMILES string of the molecule is CC1CC2CC(C1)CC(C)(NC(=O)c1cccc(N(C)c3ccc(N(C)c4ccccc4C(=O)O)cc3)c1)C2. The summed E-state index contributed by atoms with van der Waals surface area (Å²) < 4.78 is 0. The maximum atomic E-state index is 13.4. The van der Waals surface area contributed by atoms with E-state index in [9.17, 15) is 14.7 Å². The summed E-state index contributed by atoms with van der Waals surface area (Å²) in [5, 5.41) is 13.0. The van der Waals surface area contributed by atoms with Gasteiger partial charge >= 0.3 is 5.97 Å². The summed E-state index contributed by atoms with van der Waals surface area (Å²) in [5.41, 5.74) is 4.20. The summed E-state index contributed by atoms with van der Waals surface area (Å²) in [6, 6.07) is 22.7. The maximum absolute atomic E-state index is 13.4. The Kier molecular flexibility index (Phi) is 7.39. The van der Waals surface area contributed by atoms with Crippen LogP contribution in [-0.2, 0) is 0 Å². The lowest BCUT2D eigenvalue weighted by Gasteiger charge is -2.47. The molecule has 0 aromatic heterocycles. The molecule has 2 aliphatic carbocycles. The zero-order valence-corrected chi connectivity index (χ0v) is 23.4. The van der Waals surface area contributed by atoms with E-state index in [-0.39, 0.29) is 17.0 Å². The summed E-state index contributed by atoms with van der Waals surface area (Å²) in [7, 11) is 3.85. The number of rotatable bonds is 7. The monoisotopic (exact) mass is 525 g/mol. The second-order valence-corrected chi connectivity index (χ2v) is 12.0. The number of aromatic carboxylic acids is 1. The topological polar surface area (TPSA) is 72.9 Å². The molecule has 0 aliphatic heterocycles. The number of amides is 1. The zero-order chi connectivity index (χ0) is 27.7. The highest BCUT2D eigenvalue weighted by Crippen LogP contribution is 2.46. The van der Waals surface area contributed by atoms with Gasteiger partial charge in [-0.15, -0.1) is 0 Å². The molecule has 0 heterocycles. The van der Waals surface area contributed by atoms with Crippen LogP contribution in [0.5, 0.6) is 0 Å². The van der Waals surface area contributed by atoms with Crippen molar-refractivity contribution in [2.75, 3.05) is 23.9 Å². The Labute approximate surface area is 231 Å². The molecular weight excluding hydrogens is 486 g/mol. The molecule has 6 nitrogen and oxygen atoms in total. The third kappa shape index (κ3) is 5.80. The van der Waals surface area contributed by atoms with E-state index in [1.165, 1.54) is 19.3 Å². The number of anilines is 4. The van der Waals surface area contributed by atoms with E-state index < -0.39 is 5.97 Å². The van der Waals surface area contributed by atoms with Gasteiger partial charge in [0.15, 0.2) is 0 Å². The molecule has 3 aromatic rings. The van der Waals surface area contributed by atoms with E-state index in [0.29, 0.717) is 11.3 Å². The molecule has 2 saturated carbocycles. The highest BCUT2D eigenvalue weighted by molar-refractivity contribution is 5.96. The molecular formula is C33H39N3O3. The minimum absolute atomic E-state index is 0.00478. The predicted octanol–water partition coefficient (Wildman–Crippen LogP) is 7.26. The maximum Gasteiger partial charge on any atom is 0.337 e. The number of nitrogens with one attached hydrogen (secondary N) is 1. The Morgan fingerprint density at radius 2 is 1.44 bits per heavy atom. The van der Waals surface area contributed by atoms with Crippen LogP contribution in [0.3, 0.4) is 0 Å². The first-order valence-corrected chi connectivity index (χ1v) is 13.9. The lowest BCUT2D eigenvalue weighted by atomic mass is 9.62. The first kappa shape index (κ1) is 26.8. The van der Waals surface area contributed by atoms with Crippen molar-refractivity contribution in [3.8, 4) is 0 Å². The number of hydrogen-bond donors (Lipinski definition) is 2. The van der Waals surface area contributed by atoms with Crippen LogP contribution >= 0.6 is 0 Å². The van der Waals surface area contributed by atoms with E-state index in [2.05, 4.69) is 24.1 Å². The number of carbonyl (C=O) groups is 2. The van der Waals surface area contributed by atoms with Gasteiger partial charge in [-0.3, -0.25) is 4.79 Å². The number of para-hydroxylation sites is 1. The van der Waals surface area contributed by atoms with Gasteiger partial charge in [0.25, 0.3) is 5.91 Å². The summed E-state index contributed by atoms with van der Waals surface area (Å²) in [5.74, 6) is 1.28. The van der Waals surface area contributed by atoms with Crippen molar-refractivity contribution in [2.24, 2.45) is 17.8 Å². The molecule has 1 amide bonds. The highest BCUT2D eigenvalue weighted by Gasteiger charge is 2.41. The number of carboxylic acid groups (broad SMARTS) is 1. The summed E-state index contributed by atoms with van der Waals surface area (Å²) in [6.07, 6.45) is 6.01. The molecule has 0 radical (unpaired) electrons. The van der Waals surface area contributed by atoms with Gasteiger partial charge in [0.05, 0.1) is 11.3 Å². The Morgan fingerprint density at radius 3 is 2.08 bits per heavy atom. The normalized spacial score (nSPS) is 24.1. The molecule has 204 valence electrons. The lowest BCUT2D eigenvalue weighted by molar-refractivity contribution is 0.0614. The number of benzene rings is 3. The second kappa shape index (κ2) is 10.8. The zero-order valence-electron chi connectivity index (χ0n) is 23.4. The molecule has 2 bridgehead atoms. The van der Waals surface area contributed by atoms with Crippen molar-refractivity contribution in [3.05, 3.63) is 83.9 Å². The quantitative estimate of drug-likeness (QED) is 0.340. The van der Waals surface area contributed by atoms with Crippen molar-refractivity contribution in [1.82, 2.24) is 5.32 Å². The van der Waals surface area contributed by atoms with Gasteiger partial charge in [0.1, 0.15) is 0 Å². The fraction of sp³-hybridized carbons (Fsp3) is 0.394. The van der Waals surface area contributed by atoms with Crippen LogP contribution in [0.15, 0.2) is 72.8 Å². The summed E-state index contributed by atoms with van der Waals surface area (Å²) in [4.78, 5) is 29.0. The van der Waals surface area contributed by atoms with E-state index in [1.54, 1.807) is 18.2 Å². The van der Waals surface area contributed by atoms with E-state index in [0.717, 1.165) is 47.7 Å². The summed E-state index contributed by atoms with van der Waals surface area (Å²) in [6.45, 7) is 4.59. The van der Waals surface area contributed by atoms with Gasteiger partial charge in [-0.1, -0.05) is 25.1 Å². The highest BCUT2D eigenvalue weighted by atomic mass is 16.4. The smallest absolute Gasteiger partial charge is 0.337 e. The molecule has 2 unspecified atom stereocenters. The van der Waals surface area contributed by atoms with Crippen LogP contribution in [0.4, 0.5) is 22.7 Å². The Balaban J connectivity index is 1.28. The largest absolute Gasteiger partial charge is 0.478 e. The summed E-state index contributed by atoms with van der Waals surface area (Å²) >= 11 is 0. The molecule has 2 N–H and O–H groups in total. The van der Waals surface area contributed by atoms with Crippen molar-refractivity contribution in [2.45, 2.75) is 51.5 Å². The van der Waals surface area contributed by atoms with E-state index in [1.807, 2.05) is 73.6 Å². The van der Waals surface area contributed by atoms with Gasteiger partial charge in [0, 0.05) is 42.3 Å². The second-order valence-electron chi connectivity index (χ2n) is 12.0. The molecule has 5 rings (SSSR count). The minimum atomic E-state index is -0.951. The van der Waals surface area contributed by atoms with Crippen molar-refractivity contribution < 1.29 is 14.7 Å². The standard InChI is InChI=1S/C33H39N3O3/c1-22-16-23-18-24(17-22)21-33(2,20-23)34-31(37)25-8-7-9-28(19-25)35(3)26-12-14-27(15-13-26)36(4)30-11-6-5-10-29(30)32(38)39/h5-15,19,22-24H,16-18,20-21H2,1-4H3,(H,34,37)(H,38,39). The first-order chi connectivity index (χ1) is 18.6. The predicted molar refractivity (Wildman–Crippen MR) is 158 cm³/mol. The van der Waals surface area contributed by atoms with Crippen molar-refractivity contribution in [3.63, 3.8) is 0 Å². The Bertz CT molecular complexity index is 1330. The molecule has 2 fully saturated rings. The average Bonchev–Trinajstić information content (AvgIpc) is 2.91. The van der Waals surface area contributed by atoms with Crippen LogP contribution in [0.25, 0.3) is 0 Å². The van der Waals surface area contributed by atoms with Crippen LogP contribution in [0.2, 0.25) is 0 Å². The molecule has 6 heteroatoms. The first-order valence-electron chi connectivity index (χ1n) is 13.9. The van der Waals surface area contributed by atoms with Gasteiger partial charge in [-0.05, 0) is 111 Å². The molecule has 2 atom stereocenters. The van der Waals surface area contributed by atoms with Gasteiger partial charge in [-0.25, -0.2) is 4.79 Å². The average molecular weight is 526 g/mol. The van der Waals surface area contributed by atoms with E-state index in [4.69, 9.17) is 0 Å². The molecule has 0 saturated heterocycles. The van der Waals surface area contributed by atoms with Crippen molar-refractivity contribution in [1.29, 1.82) is 0 Å². The minimum Gasteiger partial charge on any atom is -0.478 e. The lowest BCUT2D eigenvalue weighted by Crippen LogP contribution is -2.52. The van der Waals surface area contributed by atoms with Crippen LogP contribution in [-0.4, -0.2) is 36.6 Å².